The van der Waals surface area contributed by atoms with Crippen LogP contribution in [0.15, 0.2) is 0 Å². The summed E-state index contributed by atoms with van der Waals surface area (Å²) in [5.74, 6) is 0.135. The number of esters is 1. The Morgan fingerprint density at radius 2 is 0.944 bits per heavy atom. The van der Waals surface area contributed by atoms with Crippen LogP contribution in [-0.4, -0.2) is 76.4 Å². The Kier molecular flexibility index (Phi) is 47.9. The molecule has 322 valence electrons. The third kappa shape index (κ3) is 43.1. The van der Waals surface area contributed by atoms with E-state index in [1.54, 1.807) is 7.11 Å². The topological polar surface area (TPSA) is 94.2 Å². The van der Waals surface area contributed by atoms with Crippen molar-refractivity contribution < 1.29 is 28.6 Å². The predicted molar refractivity (Wildman–Crippen MR) is 229 cm³/mol. The number of amides is 1. The van der Waals surface area contributed by atoms with Gasteiger partial charge >= 0.3 is 5.97 Å². The van der Waals surface area contributed by atoms with Gasteiger partial charge in [-0.15, -0.1) is 0 Å². The molecule has 0 aromatic carbocycles. The summed E-state index contributed by atoms with van der Waals surface area (Å²) in [5, 5.41) is 2.95. The Balaban J connectivity index is 0. The van der Waals surface area contributed by atoms with Gasteiger partial charge in [0.05, 0.1) is 19.1 Å². The number of nitrogens with zero attached hydrogens (tertiary/aromatic N) is 1. The molecule has 0 aliphatic rings. The van der Waals surface area contributed by atoms with Crippen LogP contribution in [-0.2, 0) is 28.6 Å². The second-order valence-electron chi connectivity index (χ2n) is 15.5. The van der Waals surface area contributed by atoms with Crippen LogP contribution in [0.4, 0.5) is 0 Å². The Morgan fingerprint density at radius 3 is 1.43 bits per heavy atom. The second-order valence-corrected chi connectivity index (χ2v) is 15.5. The molecule has 0 aliphatic heterocycles. The molecule has 54 heavy (non-hydrogen) atoms. The number of carbonyl (C=O) groups excluding carboxylic acids is 3. The van der Waals surface area contributed by atoms with Crippen LogP contribution < -0.4 is 5.32 Å². The number of hydrogen-bond acceptors (Lipinski definition) is 7. The van der Waals surface area contributed by atoms with Gasteiger partial charge in [0.25, 0.3) is 6.47 Å². The first-order chi connectivity index (χ1) is 26.5. The van der Waals surface area contributed by atoms with E-state index in [2.05, 4.69) is 42.6 Å². The fourth-order valence-electron chi connectivity index (χ4n) is 6.80. The van der Waals surface area contributed by atoms with Crippen LogP contribution >= 0.6 is 0 Å². The molecule has 1 N–H and O–H groups in total. The van der Waals surface area contributed by atoms with E-state index in [0.29, 0.717) is 26.2 Å². The third-order valence-corrected chi connectivity index (χ3v) is 10.3. The van der Waals surface area contributed by atoms with Gasteiger partial charge < -0.3 is 24.4 Å². The van der Waals surface area contributed by atoms with Gasteiger partial charge in [0.15, 0.2) is 0 Å². The predicted octanol–water partition coefficient (Wildman–Crippen LogP) is 12.2. The van der Waals surface area contributed by atoms with E-state index in [4.69, 9.17) is 9.47 Å². The smallest absolute Gasteiger partial charge is 0.308 e. The molecule has 0 bridgehead atoms. The van der Waals surface area contributed by atoms with Crippen molar-refractivity contribution in [1.82, 2.24) is 10.2 Å². The Hall–Kier alpha value is -1.67. The molecular weight excluding hydrogens is 677 g/mol. The van der Waals surface area contributed by atoms with E-state index >= 15 is 0 Å². The highest BCUT2D eigenvalue weighted by atomic mass is 16.5. The summed E-state index contributed by atoms with van der Waals surface area (Å²) in [5.41, 5.74) is 0. The van der Waals surface area contributed by atoms with E-state index in [1.165, 1.54) is 141 Å². The number of nitrogens with one attached hydrogen (secondary N) is 1. The van der Waals surface area contributed by atoms with Gasteiger partial charge in [-0.05, 0) is 64.6 Å². The Morgan fingerprint density at radius 1 is 0.537 bits per heavy atom. The van der Waals surface area contributed by atoms with Crippen LogP contribution in [0.1, 0.15) is 220 Å². The zero-order chi connectivity index (χ0) is 40.0. The average molecular weight is 769 g/mol. The average Bonchev–Trinajstić information content (AvgIpc) is 3.17. The lowest BCUT2D eigenvalue weighted by molar-refractivity contribution is -0.149. The molecule has 0 aromatic heterocycles. The largest absolute Gasteiger partial charge is 0.468 e. The summed E-state index contributed by atoms with van der Waals surface area (Å²) in [6.45, 7) is 14.9. The fraction of sp³-hybridized carbons (Fsp3) is 0.935. The number of rotatable bonds is 42. The standard InChI is InChI=1S/C36H72N2O4.C10H20O2/c1-5-8-11-14-17-22-29-38(31-25-28-37-35(39)33-41-4)30-23-18-15-19-24-32-42-36(40)34(26-20-13-10-7-3)27-21-16-12-9-6-2;1-2-3-4-5-6-7-8-9-12-10-11/h34H,5-33H2,1-4H3,(H,37,39);10H,2-9H2,1H3. The summed E-state index contributed by atoms with van der Waals surface area (Å²) in [6, 6.07) is 0. The van der Waals surface area contributed by atoms with Crippen LogP contribution in [0, 0.1) is 5.92 Å². The van der Waals surface area contributed by atoms with Crippen LogP contribution in [0.25, 0.3) is 0 Å². The van der Waals surface area contributed by atoms with Gasteiger partial charge in [-0.1, -0.05) is 175 Å². The zero-order valence-corrected chi connectivity index (χ0v) is 36.7. The fourth-order valence-corrected chi connectivity index (χ4v) is 6.80. The highest BCUT2D eigenvalue weighted by molar-refractivity contribution is 5.77. The molecule has 8 nitrogen and oxygen atoms in total. The van der Waals surface area contributed by atoms with Crippen molar-refractivity contribution in [2.45, 2.75) is 220 Å². The maximum atomic E-state index is 12.8. The summed E-state index contributed by atoms with van der Waals surface area (Å²) in [6.07, 6.45) is 36.6. The monoisotopic (exact) mass is 769 g/mol. The SMILES string of the molecule is CCCCCCCCCOC=O.CCCCCCCCN(CCCCCCCOC(=O)C(CCCCCC)CCCCCCC)CCCNC(=O)COC. The van der Waals surface area contributed by atoms with Gasteiger partial charge in [-0.3, -0.25) is 14.4 Å². The molecule has 0 saturated heterocycles. The minimum Gasteiger partial charge on any atom is -0.468 e. The molecule has 0 spiro atoms. The highest BCUT2D eigenvalue weighted by Crippen LogP contribution is 2.21. The number of unbranched alkanes of at least 4 members (excludes halogenated alkanes) is 22. The van der Waals surface area contributed by atoms with E-state index < -0.39 is 0 Å². The van der Waals surface area contributed by atoms with Crippen LogP contribution in [0.2, 0.25) is 0 Å². The minimum atomic E-state index is -0.0319. The molecule has 0 saturated carbocycles. The number of hydrogen-bond donors (Lipinski definition) is 1. The molecule has 0 aromatic rings. The first-order valence-electron chi connectivity index (χ1n) is 23.2. The van der Waals surface area contributed by atoms with E-state index in [-0.39, 0.29) is 24.4 Å². The lowest BCUT2D eigenvalue weighted by Gasteiger charge is -2.22. The lowest BCUT2D eigenvalue weighted by atomic mass is 9.94. The first kappa shape index (κ1) is 54.4. The van der Waals surface area contributed by atoms with Crippen molar-refractivity contribution in [3.8, 4) is 0 Å². The van der Waals surface area contributed by atoms with Crippen LogP contribution in [0.3, 0.4) is 0 Å². The third-order valence-electron chi connectivity index (χ3n) is 10.3. The van der Waals surface area contributed by atoms with Gasteiger partial charge in [-0.2, -0.15) is 0 Å². The van der Waals surface area contributed by atoms with Gasteiger partial charge in [0.2, 0.25) is 5.91 Å². The molecule has 0 rings (SSSR count). The van der Waals surface area contributed by atoms with Crippen molar-refractivity contribution in [2.75, 3.05) is 53.1 Å². The number of carbonyl (C=O) groups is 3. The van der Waals surface area contributed by atoms with Crippen molar-refractivity contribution in [3.63, 3.8) is 0 Å². The van der Waals surface area contributed by atoms with Crippen molar-refractivity contribution in [3.05, 3.63) is 0 Å². The molecule has 0 fully saturated rings. The van der Waals surface area contributed by atoms with Gasteiger partial charge in [0.1, 0.15) is 6.61 Å². The quantitative estimate of drug-likeness (QED) is 0.0375. The Labute approximate surface area is 335 Å². The normalized spacial score (nSPS) is 11.6. The summed E-state index contributed by atoms with van der Waals surface area (Å²) in [4.78, 5) is 36.8. The molecule has 8 heteroatoms. The molecule has 0 heterocycles. The van der Waals surface area contributed by atoms with Gasteiger partial charge in [0, 0.05) is 13.7 Å². The molecule has 0 aliphatic carbocycles. The molecule has 1 atom stereocenters. The molecule has 1 amide bonds. The van der Waals surface area contributed by atoms with Crippen molar-refractivity contribution >= 4 is 18.3 Å². The van der Waals surface area contributed by atoms with Crippen molar-refractivity contribution in [2.24, 2.45) is 5.92 Å². The minimum absolute atomic E-state index is 0.0319. The second kappa shape index (κ2) is 47.5. The van der Waals surface area contributed by atoms with Crippen LogP contribution in [0.5, 0.6) is 0 Å². The van der Waals surface area contributed by atoms with E-state index in [0.717, 1.165) is 71.0 Å². The Bertz CT molecular complexity index is 767. The number of methoxy groups -OCH3 is 1. The summed E-state index contributed by atoms with van der Waals surface area (Å²) < 4.78 is 15.2. The first-order valence-corrected chi connectivity index (χ1v) is 23.2. The maximum absolute atomic E-state index is 12.8. The summed E-state index contributed by atoms with van der Waals surface area (Å²) in [7, 11) is 1.55. The summed E-state index contributed by atoms with van der Waals surface area (Å²) >= 11 is 0. The molecule has 1 unspecified atom stereocenters. The maximum Gasteiger partial charge on any atom is 0.308 e. The highest BCUT2D eigenvalue weighted by Gasteiger charge is 2.19. The van der Waals surface area contributed by atoms with E-state index in [1.807, 2.05) is 0 Å². The molecule has 0 radical (unpaired) electrons. The molecular formula is C46H92N2O6. The van der Waals surface area contributed by atoms with E-state index in [9.17, 15) is 14.4 Å². The van der Waals surface area contributed by atoms with Gasteiger partial charge in [-0.25, -0.2) is 0 Å². The van der Waals surface area contributed by atoms with Crippen molar-refractivity contribution in [1.29, 1.82) is 0 Å². The number of ether oxygens (including phenoxy) is 3. The zero-order valence-electron chi connectivity index (χ0n) is 36.7. The lowest BCUT2D eigenvalue weighted by Crippen LogP contribution is -2.32.